The molecule has 0 N–H and O–H groups in total. The number of benzene rings is 4. The predicted octanol–water partition coefficient (Wildman–Crippen LogP) is 10.7. The first-order valence-corrected chi connectivity index (χ1v) is 13.8. The third-order valence-corrected chi connectivity index (χ3v) is 7.29. The molecule has 0 heterocycles. The Balaban J connectivity index is 1.42. The van der Waals surface area contributed by atoms with Crippen LogP contribution in [0.1, 0.15) is 89.2 Å². The molecule has 0 bridgehead atoms. The van der Waals surface area contributed by atoms with Gasteiger partial charge < -0.3 is 0 Å². The molecule has 0 unspecified atom stereocenters. The van der Waals surface area contributed by atoms with Gasteiger partial charge in [-0.3, -0.25) is 0 Å². The van der Waals surface area contributed by atoms with Crippen molar-refractivity contribution in [3.05, 3.63) is 83.9 Å². The molecule has 0 atom stereocenters. The molecule has 0 heteroatoms. The molecule has 0 aliphatic rings. The second-order valence-corrected chi connectivity index (χ2v) is 10.1. The zero-order valence-electron chi connectivity index (χ0n) is 21.4. The molecule has 0 saturated carbocycles. The first-order valence-electron chi connectivity index (χ1n) is 13.8. The summed E-state index contributed by atoms with van der Waals surface area (Å²) in [6.07, 6.45) is 15.9. The van der Waals surface area contributed by atoms with Crippen LogP contribution in [0.15, 0.2) is 72.8 Å². The van der Waals surface area contributed by atoms with E-state index in [9.17, 15) is 0 Å². The lowest BCUT2D eigenvalue weighted by Gasteiger charge is -2.09. The molecule has 0 aromatic heterocycles. The summed E-state index contributed by atoms with van der Waals surface area (Å²) in [5, 5.41) is 5.37. The highest BCUT2D eigenvalue weighted by Crippen LogP contribution is 2.29. The summed E-state index contributed by atoms with van der Waals surface area (Å²) in [5.74, 6) is 0. The second-order valence-electron chi connectivity index (χ2n) is 10.1. The fourth-order valence-electron chi connectivity index (χ4n) is 5.11. The number of aryl methyl sites for hydroxylation is 2. The van der Waals surface area contributed by atoms with E-state index in [-0.39, 0.29) is 0 Å². The van der Waals surface area contributed by atoms with Crippen molar-refractivity contribution in [2.75, 3.05) is 0 Å². The van der Waals surface area contributed by atoms with Gasteiger partial charge in [0.05, 0.1) is 0 Å². The normalized spacial score (nSPS) is 11.5. The lowest BCUT2D eigenvalue weighted by molar-refractivity contribution is 0.607. The van der Waals surface area contributed by atoms with Gasteiger partial charge in [0.2, 0.25) is 0 Å². The molecule has 0 aliphatic heterocycles. The van der Waals surface area contributed by atoms with Crippen LogP contribution in [0.25, 0.3) is 32.7 Å². The minimum atomic E-state index is 1.20. The van der Waals surface area contributed by atoms with E-state index in [1.165, 1.54) is 121 Å². The van der Waals surface area contributed by atoms with Gasteiger partial charge in [0.1, 0.15) is 0 Å². The molecule has 4 aromatic carbocycles. The van der Waals surface area contributed by atoms with Crippen molar-refractivity contribution in [1.82, 2.24) is 0 Å². The van der Waals surface area contributed by atoms with Crippen LogP contribution in [0.5, 0.6) is 0 Å². The van der Waals surface area contributed by atoms with Gasteiger partial charge in [-0.15, -0.1) is 0 Å². The quantitative estimate of drug-likeness (QED) is 0.140. The molecule has 0 fully saturated rings. The summed E-state index contributed by atoms with van der Waals surface area (Å²) >= 11 is 0. The van der Waals surface area contributed by atoms with E-state index in [2.05, 4.69) is 86.6 Å². The molecule has 0 nitrogen and oxygen atoms in total. The number of rotatable bonds is 13. The number of hydrogen-bond acceptors (Lipinski definition) is 0. The van der Waals surface area contributed by atoms with Crippen LogP contribution in [-0.2, 0) is 12.8 Å². The Bertz CT molecular complexity index is 1170. The van der Waals surface area contributed by atoms with E-state index in [0.717, 1.165) is 0 Å². The molecule has 0 aliphatic carbocycles. The van der Waals surface area contributed by atoms with Crippen molar-refractivity contribution in [2.45, 2.75) is 90.9 Å². The zero-order chi connectivity index (χ0) is 23.6. The van der Waals surface area contributed by atoms with E-state index in [1.54, 1.807) is 0 Å². The zero-order valence-corrected chi connectivity index (χ0v) is 21.4. The maximum absolute atomic E-state index is 2.40. The standard InChI is InChI=1S/C34H42/c1-3-5-7-9-10-12-13-27-15-18-29(19-16-27)30-21-22-32-25-33-23-28(14-11-8-6-4-2)17-20-31(33)26-34(32)24-30/h15-26H,3-14H2,1-2H3. The Morgan fingerprint density at radius 2 is 0.882 bits per heavy atom. The largest absolute Gasteiger partial charge is 0.0654 e. The van der Waals surface area contributed by atoms with Crippen LogP contribution >= 0.6 is 0 Å². The van der Waals surface area contributed by atoms with Crippen LogP contribution in [0, 0.1) is 0 Å². The van der Waals surface area contributed by atoms with Crippen LogP contribution in [-0.4, -0.2) is 0 Å². The molecule has 0 saturated heterocycles. The predicted molar refractivity (Wildman–Crippen MR) is 152 cm³/mol. The van der Waals surface area contributed by atoms with Crippen molar-refractivity contribution >= 4 is 21.5 Å². The fraction of sp³-hybridized carbons (Fsp3) is 0.412. The molecule has 4 rings (SSSR count). The van der Waals surface area contributed by atoms with Crippen LogP contribution in [0.2, 0.25) is 0 Å². The molecule has 4 aromatic rings. The van der Waals surface area contributed by atoms with Crippen LogP contribution in [0.4, 0.5) is 0 Å². The van der Waals surface area contributed by atoms with Gasteiger partial charge in [0.15, 0.2) is 0 Å². The van der Waals surface area contributed by atoms with Crippen molar-refractivity contribution in [2.24, 2.45) is 0 Å². The van der Waals surface area contributed by atoms with E-state index >= 15 is 0 Å². The topological polar surface area (TPSA) is 0 Å². The van der Waals surface area contributed by atoms with Gasteiger partial charge >= 0.3 is 0 Å². The van der Waals surface area contributed by atoms with E-state index in [1.807, 2.05) is 0 Å². The number of unbranched alkanes of at least 4 members (excludes halogenated alkanes) is 8. The summed E-state index contributed by atoms with van der Waals surface area (Å²) in [4.78, 5) is 0. The maximum Gasteiger partial charge on any atom is -0.0171 e. The molecule has 0 amide bonds. The summed E-state index contributed by atoms with van der Waals surface area (Å²) in [6, 6.07) is 28.0. The van der Waals surface area contributed by atoms with Crippen molar-refractivity contribution in [1.29, 1.82) is 0 Å². The highest BCUT2D eigenvalue weighted by molar-refractivity contribution is 5.99. The lowest BCUT2D eigenvalue weighted by atomic mass is 9.96. The van der Waals surface area contributed by atoms with Crippen LogP contribution < -0.4 is 0 Å². The third-order valence-electron chi connectivity index (χ3n) is 7.29. The van der Waals surface area contributed by atoms with Crippen LogP contribution in [0.3, 0.4) is 0 Å². The summed E-state index contributed by atoms with van der Waals surface area (Å²) < 4.78 is 0. The number of fused-ring (bicyclic) bond motifs is 2. The fourth-order valence-corrected chi connectivity index (χ4v) is 5.11. The van der Waals surface area contributed by atoms with Crippen molar-refractivity contribution in [3.63, 3.8) is 0 Å². The van der Waals surface area contributed by atoms with Gasteiger partial charge in [-0.25, -0.2) is 0 Å². The van der Waals surface area contributed by atoms with Gasteiger partial charge in [-0.05, 0) is 87.7 Å². The second kappa shape index (κ2) is 12.7. The summed E-state index contributed by atoms with van der Waals surface area (Å²) in [6.45, 7) is 4.56. The van der Waals surface area contributed by atoms with E-state index < -0.39 is 0 Å². The molecule has 178 valence electrons. The third kappa shape index (κ3) is 6.72. The maximum atomic E-state index is 2.40. The first-order chi connectivity index (χ1) is 16.8. The minimum Gasteiger partial charge on any atom is -0.0654 e. The molecule has 0 spiro atoms. The SMILES string of the molecule is CCCCCCCCc1ccc(-c2ccc3cc4cc(CCCCCC)ccc4cc3c2)cc1. The highest BCUT2D eigenvalue weighted by atomic mass is 14.1. The van der Waals surface area contributed by atoms with Gasteiger partial charge in [0.25, 0.3) is 0 Å². The molecular formula is C34H42. The van der Waals surface area contributed by atoms with Gasteiger partial charge in [0, 0.05) is 0 Å². The Morgan fingerprint density at radius 1 is 0.382 bits per heavy atom. The monoisotopic (exact) mass is 450 g/mol. The smallest absolute Gasteiger partial charge is 0.0171 e. The lowest BCUT2D eigenvalue weighted by Crippen LogP contribution is -1.88. The minimum absolute atomic E-state index is 1.20. The van der Waals surface area contributed by atoms with Gasteiger partial charge in [-0.1, -0.05) is 120 Å². The van der Waals surface area contributed by atoms with Crippen molar-refractivity contribution < 1.29 is 0 Å². The van der Waals surface area contributed by atoms with E-state index in [0.29, 0.717) is 0 Å². The van der Waals surface area contributed by atoms with Gasteiger partial charge in [-0.2, -0.15) is 0 Å². The summed E-state index contributed by atoms with van der Waals surface area (Å²) in [7, 11) is 0. The Morgan fingerprint density at radius 3 is 1.59 bits per heavy atom. The molecular weight excluding hydrogens is 408 g/mol. The average molecular weight is 451 g/mol. The van der Waals surface area contributed by atoms with E-state index in [4.69, 9.17) is 0 Å². The van der Waals surface area contributed by atoms with Crippen molar-refractivity contribution in [3.8, 4) is 11.1 Å². The highest BCUT2D eigenvalue weighted by Gasteiger charge is 2.04. The Labute approximate surface area is 207 Å². The molecule has 0 radical (unpaired) electrons. The Kier molecular flexibility index (Phi) is 9.19. The molecule has 34 heavy (non-hydrogen) atoms. The first kappa shape index (κ1) is 24.5. The number of hydrogen-bond donors (Lipinski definition) is 0. The Hall–Kier alpha value is -2.60. The summed E-state index contributed by atoms with van der Waals surface area (Å²) in [5.41, 5.74) is 5.57. The average Bonchev–Trinajstić information content (AvgIpc) is 2.87.